The fourth-order valence-electron chi connectivity index (χ4n) is 2.68. The van der Waals surface area contributed by atoms with Crippen LogP contribution in [0.15, 0.2) is 28.1 Å². The van der Waals surface area contributed by atoms with Gasteiger partial charge in [0.05, 0.1) is 5.69 Å². The van der Waals surface area contributed by atoms with Crippen LogP contribution >= 0.6 is 11.8 Å². The summed E-state index contributed by atoms with van der Waals surface area (Å²) in [7, 11) is 0. The molecule has 5 nitrogen and oxygen atoms in total. The Morgan fingerprint density at radius 3 is 2.33 bits per heavy atom. The molecule has 148 valence electrons. The van der Waals surface area contributed by atoms with E-state index in [9.17, 15) is 18.0 Å². The van der Waals surface area contributed by atoms with Crippen molar-refractivity contribution in [3.63, 3.8) is 0 Å². The number of imidazole rings is 1. The molecule has 0 fully saturated rings. The number of ether oxygens (including phenoxy) is 1. The number of aryl methyl sites for hydroxylation is 2. The molecule has 0 saturated carbocycles. The van der Waals surface area contributed by atoms with Crippen molar-refractivity contribution in [3.05, 3.63) is 40.8 Å². The molecule has 0 bridgehead atoms. The molecule has 0 unspecified atom stereocenters. The van der Waals surface area contributed by atoms with Crippen molar-refractivity contribution in [2.45, 2.75) is 62.9 Å². The average Bonchev–Trinajstić information content (AvgIpc) is 2.80. The fraction of sp³-hybridized carbons (Fsp3) is 0.444. The zero-order valence-corrected chi connectivity index (χ0v) is 16.4. The number of aromatic nitrogens is 2. The highest BCUT2D eigenvalue weighted by Crippen LogP contribution is 2.37. The minimum absolute atomic E-state index is 0.0155. The summed E-state index contributed by atoms with van der Waals surface area (Å²) in [5.41, 5.74) is 7.51. The van der Waals surface area contributed by atoms with E-state index >= 15 is 0 Å². The maximum absolute atomic E-state index is 13.2. The van der Waals surface area contributed by atoms with Gasteiger partial charge in [0, 0.05) is 4.90 Å². The first-order valence-corrected chi connectivity index (χ1v) is 9.12. The number of alkyl halides is 3. The van der Waals surface area contributed by atoms with Crippen LogP contribution in [0.2, 0.25) is 0 Å². The summed E-state index contributed by atoms with van der Waals surface area (Å²) in [5, 5.41) is 0.385. The van der Waals surface area contributed by atoms with E-state index < -0.39 is 25.4 Å². The maximum Gasteiger partial charge on any atom is 0.406 e. The molecule has 2 rings (SSSR count). The Hall–Kier alpha value is -2.16. The first-order valence-electron chi connectivity index (χ1n) is 8.30. The number of rotatable bonds is 6. The third-order valence-electron chi connectivity index (χ3n) is 3.66. The van der Waals surface area contributed by atoms with Crippen LogP contribution in [0.25, 0.3) is 0 Å². The number of hydrogen-bond acceptors (Lipinski definition) is 4. The number of primary amides is 1. The fourth-order valence-corrected chi connectivity index (χ4v) is 4.06. The van der Waals surface area contributed by atoms with Gasteiger partial charge in [0.15, 0.2) is 6.61 Å². The van der Waals surface area contributed by atoms with Crippen LogP contribution in [0.1, 0.15) is 42.4 Å². The SMILES string of the molecule is Cc1cc(C)cc(Sc2c(C(C)C)nc(COC(N)=O)n2CC(F)(F)F)c1. The van der Waals surface area contributed by atoms with Crippen molar-refractivity contribution in [3.8, 4) is 0 Å². The molecular weight excluding hydrogens is 379 g/mol. The quantitative estimate of drug-likeness (QED) is 0.745. The van der Waals surface area contributed by atoms with E-state index in [-0.39, 0.29) is 11.7 Å². The van der Waals surface area contributed by atoms with Crippen LogP contribution in [0, 0.1) is 13.8 Å². The molecule has 0 aliphatic carbocycles. The number of carbonyl (C=O) groups excluding carboxylic acids is 1. The van der Waals surface area contributed by atoms with Gasteiger partial charge in [-0.25, -0.2) is 9.78 Å². The Morgan fingerprint density at radius 2 is 1.85 bits per heavy atom. The van der Waals surface area contributed by atoms with Crippen LogP contribution in [0.4, 0.5) is 18.0 Å². The van der Waals surface area contributed by atoms with Crippen LogP contribution in [0.3, 0.4) is 0 Å². The molecule has 0 saturated heterocycles. The van der Waals surface area contributed by atoms with Crippen molar-refractivity contribution in [1.82, 2.24) is 9.55 Å². The molecular formula is C18H22F3N3O2S. The second-order valence-electron chi connectivity index (χ2n) is 6.61. The van der Waals surface area contributed by atoms with E-state index in [4.69, 9.17) is 10.5 Å². The van der Waals surface area contributed by atoms with E-state index in [2.05, 4.69) is 4.98 Å². The van der Waals surface area contributed by atoms with Gasteiger partial charge in [0.1, 0.15) is 17.4 Å². The van der Waals surface area contributed by atoms with Gasteiger partial charge in [-0.05, 0) is 43.0 Å². The Balaban J connectivity index is 2.54. The molecule has 0 aliphatic rings. The monoisotopic (exact) mass is 401 g/mol. The number of benzene rings is 1. The zero-order chi connectivity index (χ0) is 20.4. The van der Waals surface area contributed by atoms with Crippen LogP contribution in [-0.2, 0) is 17.9 Å². The van der Waals surface area contributed by atoms with Crippen LogP contribution < -0.4 is 5.73 Å². The van der Waals surface area contributed by atoms with Crippen molar-refractivity contribution >= 4 is 17.9 Å². The standard InChI is InChI=1S/C18H22F3N3O2S/c1-10(2)15-16(27-13-6-11(3)5-12(4)7-13)24(9-18(19,20)21)14(23-15)8-26-17(22)25/h5-7,10H,8-9H2,1-4H3,(H2,22,25). The molecule has 2 aromatic rings. The Morgan fingerprint density at radius 1 is 1.26 bits per heavy atom. The Bertz CT molecular complexity index is 812. The van der Waals surface area contributed by atoms with Gasteiger partial charge >= 0.3 is 12.3 Å². The van der Waals surface area contributed by atoms with E-state index in [1.807, 2.05) is 45.9 Å². The van der Waals surface area contributed by atoms with Gasteiger partial charge in [0.2, 0.25) is 0 Å². The molecule has 0 aliphatic heterocycles. The predicted molar refractivity (Wildman–Crippen MR) is 96.8 cm³/mol. The molecule has 2 N–H and O–H groups in total. The minimum Gasteiger partial charge on any atom is -0.442 e. The maximum atomic E-state index is 13.2. The second kappa shape index (κ2) is 8.24. The predicted octanol–water partition coefficient (Wildman–Crippen LogP) is 4.93. The number of halogens is 3. The van der Waals surface area contributed by atoms with E-state index in [1.54, 1.807) is 0 Å². The van der Waals surface area contributed by atoms with Gasteiger partial charge in [-0.2, -0.15) is 13.2 Å². The summed E-state index contributed by atoms with van der Waals surface area (Å²) >= 11 is 1.22. The minimum atomic E-state index is -4.45. The highest BCUT2D eigenvalue weighted by atomic mass is 32.2. The smallest absolute Gasteiger partial charge is 0.406 e. The highest BCUT2D eigenvalue weighted by Gasteiger charge is 2.32. The van der Waals surface area contributed by atoms with Crippen LogP contribution in [0.5, 0.6) is 0 Å². The Kier molecular flexibility index (Phi) is 6.46. The molecule has 27 heavy (non-hydrogen) atoms. The normalized spacial score (nSPS) is 11.9. The van der Waals surface area contributed by atoms with Gasteiger partial charge in [0.25, 0.3) is 0 Å². The number of nitrogens with zero attached hydrogens (tertiary/aromatic N) is 2. The van der Waals surface area contributed by atoms with Gasteiger partial charge in [-0.15, -0.1) is 0 Å². The average molecular weight is 401 g/mol. The first kappa shape index (κ1) is 21.1. The molecule has 1 aromatic carbocycles. The van der Waals surface area contributed by atoms with Crippen molar-refractivity contribution < 1.29 is 22.7 Å². The first-order chi connectivity index (χ1) is 12.5. The lowest BCUT2D eigenvalue weighted by Gasteiger charge is -2.15. The Labute approximate surface area is 160 Å². The van der Waals surface area contributed by atoms with Gasteiger partial charge < -0.3 is 15.0 Å². The summed E-state index contributed by atoms with van der Waals surface area (Å²) in [4.78, 5) is 16.0. The van der Waals surface area contributed by atoms with E-state index in [0.717, 1.165) is 20.6 Å². The van der Waals surface area contributed by atoms with E-state index in [0.29, 0.717) is 10.7 Å². The third kappa shape index (κ3) is 5.92. The number of nitrogens with two attached hydrogens (primary N) is 1. The lowest BCUT2D eigenvalue weighted by Crippen LogP contribution is -2.22. The molecule has 0 atom stereocenters. The molecule has 0 spiro atoms. The summed E-state index contributed by atoms with van der Waals surface area (Å²) in [5.74, 6) is -0.0954. The lowest BCUT2D eigenvalue weighted by molar-refractivity contribution is -0.142. The second-order valence-corrected chi connectivity index (χ2v) is 7.67. The largest absolute Gasteiger partial charge is 0.442 e. The van der Waals surface area contributed by atoms with Crippen molar-refractivity contribution in [2.75, 3.05) is 0 Å². The van der Waals surface area contributed by atoms with Crippen molar-refractivity contribution in [2.24, 2.45) is 5.73 Å². The van der Waals surface area contributed by atoms with Gasteiger partial charge in [-0.1, -0.05) is 31.7 Å². The lowest BCUT2D eigenvalue weighted by atomic mass is 10.1. The summed E-state index contributed by atoms with van der Waals surface area (Å²) < 4.78 is 45.3. The summed E-state index contributed by atoms with van der Waals surface area (Å²) in [6.07, 6.45) is -5.51. The number of amides is 1. The number of carbonyl (C=O) groups is 1. The zero-order valence-electron chi connectivity index (χ0n) is 15.6. The molecule has 9 heteroatoms. The molecule has 1 amide bonds. The molecule has 1 aromatic heterocycles. The molecule has 1 heterocycles. The van der Waals surface area contributed by atoms with Gasteiger partial charge in [-0.3, -0.25) is 0 Å². The highest BCUT2D eigenvalue weighted by molar-refractivity contribution is 7.99. The summed E-state index contributed by atoms with van der Waals surface area (Å²) in [6.45, 7) is 5.92. The van der Waals surface area contributed by atoms with Crippen LogP contribution in [-0.4, -0.2) is 21.8 Å². The topological polar surface area (TPSA) is 70.1 Å². The third-order valence-corrected chi connectivity index (χ3v) is 4.76. The number of hydrogen-bond donors (Lipinski definition) is 1. The molecule has 0 radical (unpaired) electrons. The summed E-state index contributed by atoms with van der Waals surface area (Å²) in [6, 6.07) is 5.81. The van der Waals surface area contributed by atoms with Crippen molar-refractivity contribution in [1.29, 1.82) is 0 Å². The van der Waals surface area contributed by atoms with E-state index in [1.165, 1.54) is 11.8 Å².